The number of rotatable bonds is 9. The number of hydrogen-bond acceptors (Lipinski definition) is 19. The maximum Gasteiger partial charge on any atom is 0.267 e. The van der Waals surface area contributed by atoms with E-state index >= 15 is 0 Å². The minimum absolute atomic E-state index is 0.0459. The summed E-state index contributed by atoms with van der Waals surface area (Å²) in [4.78, 5) is -0.0459. The van der Waals surface area contributed by atoms with Crippen LogP contribution in [-0.4, -0.2) is 144 Å². The van der Waals surface area contributed by atoms with E-state index < -0.39 is 133 Å². The summed E-state index contributed by atoms with van der Waals surface area (Å²) >= 11 is 0. The number of aliphatic hydroxyl groups excluding tert-OH is 1. The second kappa shape index (κ2) is 18.3. The number of hydrogen-bond donors (Lipinski definition) is 13. The molecule has 1 aromatic carbocycles. The molecule has 9 aliphatic rings. The molecule has 5 aliphatic heterocycles. The van der Waals surface area contributed by atoms with Crippen molar-refractivity contribution >= 4 is 55.9 Å². The van der Waals surface area contributed by atoms with Crippen molar-refractivity contribution in [2.75, 3.05) is 17.1 Å². The second-order valence-electron chi connectivity index (χ2n) is 21.0. The van der Waals surface area contributed by atoms with Gasteiger partial charge < -0.3 is 5.11 Å². The lowest BCUT2D eigenvalue weighted by Gasteiger charge is -2.38. The van der Waals surface area contributed by atoms with Crippen LogP contribution in [0.5, 0.6) is 0 Å². The highest BCUT2D eigenvalue weighted by Gasteiger charge is 2.58. The van der Waals surface area contributed by atoms with Gasteiger partial charge in [0.15, 0.2) is 9.84 Å². The summed E-state index contributed by atoms with van der Waals surface area (Å²) in [5.74, 6) is -2.03. The molecule has 0 spiro atoms. The van der Waals surface area contributed by atoms with Crippen LogP contribution < -0.4 is 47.3 Å². The Morgan fingerprint density at radius 1 is 0.412 bits per heavy atom. The third-order valence-electron chi connectivity index (χ3n) is 17.5. The first-order chi connectivity index (χ1) is 32.0. The van der Waals surface area contributed by atoms with E-state index in [1.165, 1.54) is 24.3 Å². The van der Waals surface area contributed by atoms with Crippen LogP contribution in [0.4, 0.5) is 5.69 Å². The van der Waals surface area contributed by atoms with Crippen molar-refractivity contribution < 1.29 is 60.9 Å². The number of benzene rings is 1. The van der Waals surface area contributed by atoms with E-state index in [0.29, 0.717) is 32.1 Å². The monoisotopic (exact) mass is 1060 g/mol. The van der Waals surface area contributed by atoms with Crippen LogP contribution in [0.3, 0.4) is 0 Å². The molecule has 10 rings (SSSR count). The van der Waals surface area contributed by atoms with Crippen molar-refractivity contribution in [3.05, 3.63) is 24.3 Å². The zero-order chi connectivity index (χ0) is 48.3. The highest BCUT2D eigenvalue weighted by Crippen LogP contribution is 2.48. The molecule has 384 valence electrons. The first kappa shape index (κ1) is 49.9. The molecule has 13 N–H and O–H groups in total. The molecule has 5 heterocycles. The van der Waals surface area contributed by atoms with Gasteiger partial charge in [0.05, 0.1) is 87.6 Å². The van der Waals surface area contributed by atoms with Gasteiger partial charge in [0, 0.05) is 5.69 Å². The smallest absolute Gasteiger partial charge is 0.267 e. The van der Waals surface area contributed by atoms with Crippen LogP contribution in [0.1, 0.15) is 77.0 Å². The van der Waals surface area contributed by atoms with Gasteiger partial charge in [-0.15, -0.1) is 0 Å². The molecular weight excluding hydrogens is 991 g/mol. The molecule has 8 bridgehead atoms. The van der Waals surface area contributed by atoms with Crippen LogP contribution >= 0.6 is 0 Å². The van der Waals surface area contributed by atoms with Crippen LogP contribution in [0.15, 0.2) is 29.2 Å². The highest BCUT2D eigenvalue weighted by atomic mass is 32.2. The molecule has 68 heavy (non-hydrogen) atoms. The van der Waals surface area contributed by atoms with E-state index in [9.17, 15) is 60.9 Å². The van der Waals surface area contributed by atoms with Crippen LogP contribution in [0.25, 0.3) is 0 Å². The zero-order valence-electron chi connectivity index (χ0n) is 37.2. The Hall–Kier alpha value is -1.71. The van der Waals surface area contributed by atoms with E-state index in [4.69, 9.17) is 0 Å². The molecule has 0 radical (unpaired) electrons. The molecule has 28 heteroatoms. The molecule has 9 fully saturated rings. The third-order valence-corrected chi connectivity index (χ3v) is 24.8. The summed E-state index contributed by atoms with van der Waals surface area (Å²) in [5, 5.41) is 35.5. The molecule has 0 amide bonds. The van der Waals surface area contributed by atoms with Gasteiger partial charge in [0.1, 0.15) is 0 Å². The minimum atomic E-state index is -4.37. The van der Waals surface area contributed by atoms with Gasteiger partial charge in [-0.3, -0.25) is 60.9 Å². The third kappa shape index (κ3) is 9.66. The maximum atomic E-state index is 14.2. The lowest BCUT2D eigenvalue weighted by molar-refractivity contribution is 0.167. The SMILES string of the molecule is O=S(=O)(CCO)c1ccc(NS(=O)(=O)C2CCC3C4NC5NC(NC6NC(NC7NC(NC(N4)C3C2)C2CCC(S(=O)(=O)O)CC72)C2CCC(S(=O)(=O)O)CC62)C2CCC(S(=O)(=O)O)CC52)cc1. The first-order valence-corrected chi connectivity index (χ1v) is 31.6. The van der Waals surface area contributed by atoms with Gasteiger partial charge in [-0.05, 0) is 149 Å². The number of aliphatic hydroxyl groups is 1. The Morgan fingerprint density at radius 3 is 0.985 bits per heavy atom. The van der Waals surface area contributed by atoms with Gasteiger partial charge >= 0.3 is 0 Å². The maximum absolute atomic E-state index is 14.2. The molecule has 23 nitrogen and oxygen atoms in total. The molecule has 0 aromatic heterocycles. The lowest BCUT2D eigenvalue weighted by atomic mass is 9.76. The van der Waals surface area contributed by atoms with Crippen molar-refractivity contribution in [1.29, 1.82) is 0 Å². The summed E-state index contributed by atoms with van der Waals surface area (Å²) < 4.78 is 162. The summed E-state index contributed by atoms with van der Waals surface area (Å²) in [7, 11) is -20.9. The van der Waals surface area contributed by atoms with Crippen molar-refractivity contribution in [3.63, 3.8) is 0 Å². The molecular formula is C40H65N9O14S5. The lowest BCUT2D eigenvalue weighted by Crippen LogP contribution is -2.61. The van der Waals surface area contributed by atoms with E-state index in [0.717, 1.165) is 0 Å². The normalized spacial score (nSPS) is 44.3. The summed E-state index contributed by atoms with van der Waals surface area (Å²) in [6.45, 7) is -0.556. The first-order valence-electron chi connectivity index (χ1n) is 23.9. The van der Waals surface area contributed by atoms with Crippen LogP contribution in [0, 0.1) is 47.3 Å². The Labute approximate surface area is 398 Å². The number of fused-ring (bicyclic) bond motifs is 20. The number of nitrogens with one attached hydrogen (secondary N) is 9. The molecule has 20 unspecified atom stereocenters. The fourth-order valence-corrected chi connectivity index (χ4v) is 19.4. The summed E-state index contributed by atoms with van der Waals surface area (Å²) in [5.41, 5.74) is 0.188. The van der Waals surface area contributed by atoms with Gasteiger partial charge in [0.25, 0.3) is 30.4 Å². The summed E-state index contributed by atoms with van der Waals surface area (Å²) in [6.07, 6.45) is 0.138. The quantitative estimate of drug-likeness (QED) is 0.124. The molecule has 4 aliphatic carbocycles. The fourth-order valence-electron chi connectivity index (χ4n) is 14.2. The minimum Gasteiger partial charge on any atom is -0.395 e. The van der Waals surface area contributed by atoms with E-state index in [-0.39, 0.29) is 103 Å². The second-order valence-corrected chi connectivity index (χ2v) is 30.1. The standard InChI is InChI=1S/C40H65N9O14S5/c50-13-14-64(51,52)20-3-1-19(2-4-20)49-65(53,54)21-5-9-25-29(15-21)37-41-33(25)43-38-31-17-23(67(58,59)60)7-11-27(31)35(45-38)47-40-32-18-24(68(61,62)63)8-12-28(32)36(48-40)46-39-30-16-22(66(55,56)57)6-10-26(30)34(42-37)44-39/h1-4,21-50H,5-18H2,(H,55,56,57)(H,58,59,60)(H,61,62,63). The number of sulfone groups is 1. The average Bonchev–Trinajstić information content (AvgIpc) is 4.00. The van der Waals surface area contributed by atoms with Crippen molar-refractivity contribution in [2.24, 2.45) is 47.3 Å². The van der Waals surface area contributed by atoms with E-state index in [1.807, 2.05) is 0 Å². The van der Waals surface area contributed by atoms with Gasteiger partial charge in [-0.2, -0.15) is 25.3 Å². The van der Waals surface area contributed by atoms with Gasteiger partial charge in [-0.1, -0.05) is 0 Å². The molecule has 20 atom stereocenters. The summed E-state index contributed by atoms with van der Waals surface area (Å²) in [6, 6.07) is 5.35. The Bertz CT molecular complexity index is 2600. The molecule has 4 saturated carbocycles. The Balaban J connectivity index is 0.972. The molecule has 1 aromatic rings. The highest BCUT2D eigenvalue weighted by molar-refractivity contribution is 7.93. The van der Waals surface area contributed by atoms with Gasteiger partial charge in [-0.25, -0.2) is 16.8 Å². The fraction of sp³-hybridized carbons (Fsp3) is 0.850. The van der Waals surface area contributed by atoms with E-state index in [1.54, 1.807) is 0 Å². The van der Waals surface area contributed by atoms with Gasteiger partial charge in [0.2, 0.25) is 10.0 Å². The zero-order valence-corrected chi connectivity index (χ0v) is 41.3. The van der Waals surface area contributed by atoms with Crippen molar-refractivity contribution in [2.45, 2.75) is 152 Å². The van der Waals surface area contributed by atoms with Crippen LogP contribution in [-0.2, 0) is 50.2 Å². The van der Waals surface area contributed by atoms with Crippen LogP contribution in [0.2, 0.25) is 0 Å². The Kier molecular flexibility index (Phi) is 13.4. The van der Waals surface area contributed by atoms with Crippen molar-refractivity contribution in [1.82, 2.24) is 42.5 Å². The van der Waals surface area contributed by atoms with E-state index in [2.05, 4.69) is 47.3 Å². The Morgan fingerprint density at radius 2 is 0.691 bits per heavy atom. The van der Waals surface area contributed by atoms with Crippen molar-refractivity contribution in [3.8, 4) is 0 Å². The predicted octanol–water partition coefficient (Wildman–Crippen LogP) is -1.61. The number of anilines is 1. The predicted molar refractivity (Wildman–Crippen MR) is 247 cm³/mol. The largest absolute Gasteiger partial charge is 0.395 e. The molecule has 5 saturated heterocycles. The topological polar surface area (TPSA) is 360 Å². The average molecular weight is 1060 g/mol. The number of sulfonamides is 1.